The second kappa shape index (κ2) is 4.98. The van der Waals surface area contributed by atoms with E-state index in [1.807, 2.05) is 7.05 Å². The lowest BCUT2D eigenvalue weighted by atomic mass is 9.84. The molecule has 0 aromatic heterocycles. The molecule has 0 saturated carbocycles. The first-order valence-electron chi connectivity index (χ1n) is 5.87. The summed E-state index contributed by atoms with van der Waals surface area (Å²) >= 11 is 0. The van der Waals surface area contributed by atoms with Gasteiger partial charge in [0.1, 0.15) is 0 Å². The highest BCUT2D eigenvalue weighted by Gasteiger charge is 2.15. The Morgan fingerprint density at radius 3 is 2.38 bits per heavy atom. The molecule has 0 amide bonds. The van der Waals surface area contributed by atoms with E-state index in [-0.39, 0.29) is 11.5 Å². The predicted octanol–water partition coefficient (Wildman–Crippen LogP) is 2.51. The van der Waals surface area contributed by atoms with Crippen LogP contribution in [0.2, 0.25) is 0 Å². The minimum Gasteiger partial charge on any atom is -0.323 e. The largest absolute Gasteiger partial charge is 0.323 e. The minimum absolute atomic E-state index is 0.0824. The zero-order chi connectivity index (χ0) is 12.3. The van der Waals surface area contributed by atoms with Gasteiger partial charge in [-0.15, -0.1) is 0 Å². The zero-order valence-electron chi connectivity index (χ0n) is 11.1. The van der Waals surface area contributed by atoms with E-state index in [0.717, 1.165) is 6.54 Å². The highest BCUT2D eigenvalue weighted by molar-refractivity contribution is 5.36. The first-order chi connectivity index (χ1) is 7.36. The molecule has 0 saturated heterocycles. The van der Waals surface area contributed by atoms with Gasteiger partial charge >= 0.3 is 0 Å². The Morgan fingerprint density at radius 2 is 1.94 bits per heavy atom. The summed E-state index contributed by atoms with van der Waals surface area (Å²) in [5.74, 6) is 0. The van der Waals surface area contributed by atoms with E-state index in [1.165, 1.54) is 16.7 Å². The van der Waals surface area contributed by atoms with Crippen LogP contribution in [0.5, 0.6) is 0 Å². The molecule has 1 rings (SSSR count). The van der Waals surface area contributed by atoms with Crippen LogP contribution in [0.25, 0.3) is 0 Å². The standard InChI is InChI=1S/C14H24N2/c1-10-8-11(14(2,3)4)6-7-12(10)13(15)9-16-5/h6-8,13,16H,9,15H2,1-5H3. The van der Waals surface area contributed by atoms with Crippen molar-refractivity contribution in [3.63, 3.8) is 0 Å². The first kappa shape index (κ1) is 13.2. The lowest BCUT2D eigenvalue weighted by Crippen LogP contribution is -2.25. The van der Waals surface area contributed by atoms with E-state index in [0.29, 0.717) is 0 Å². The van der Waals surface area contributed by atoms with Crippen LogP contribution in [0.1, 0.15) is 43.5 Å². The Hall–Kier alpha value is -0.860. The van der Waals surface area contributed by atoms with Gasteiger partial charge in [-0.3, -0.25) is 0 Å². The molecular weight excluding hydrogens is 196 g/mol. The average molecular weight is 220 g/mol. The Morgan fingerprint density at radius 1 is 1.31 bits per heavy atom. The summed E-state index contributed by atoms with van der Waals surface area (Å²) in [6, 6.07) is 6.69. The molecular formula is C14H24N2. The molecule has 3 N–H and O–H groups in total. The van der Waals surface area contributed by atoms with Crippen molar-refractivity contribution in [3.05, 3.63) is 34.9 Å². The quantitative estimate of drug-likeness (QED) is 0.821. The van der Waals surface area contributed by atoms with E-state index in [1.54, 1.807) is 0 Å². The van der Waals surface area contributed by atoms with Gasteiger partial charge < -0.3 is 11.1 Å². The van der Waals surface area contributed by atoms with Crippen LogP contribution in [0.3, 0.4) is 0 Å². The van der Waals surface area contributed by atoms with Crippen LogP contribution in [0, 0.1) is 6.92 Å². The Labute approximate surface area is 99.2 Å². The summed E-state index contributed by atoms with van der Waals surface area (Å²) in [4.78, 5) is 0. The monoisotopic (exact) mass is 220 g/mol. The molecule has 0 spiro atoms. The second-order valence-electron chi connectivity index (χ2n) is 5.49. The van der Waals surface area contributed by atoms with Crippen molar-refractivity contribution in [3.8, 4) is 0 Å². The van der Waals surface area contributed by atoms with Gasteiger partial charge in [0.25, 0.3) is 0 Å². The molecule has 0 fully saturated rings. The zero-order valence-corrected chi connectivity index (χ0v) is 11.1. The molecule has 0 aliphatic carbocycles. The average Bonchev–Trinajstić information content (AvgIpc) is 2.16. The van der Waals surface area contributed by atoms with Crippen molar-refractivity contribution in [1.29, 1.82) is 0 Å². The second-order valence-corrected chi connectivity index (χ2v) is 5.49. The molecule has 0 aliphatic heterocycles. The van der Waals surface area contributed by atoms with Crippen LogP contribution >= 0.6 is 0 Å². The number of hydrogen-bond acceptors (Lipinski definition) is 2. The number of aryl methyl sites for hydroxylation is 1. The maximum Gasteiger partial charge on any atom is 0.0424 e. The van der Waals surface area contributed by atoms with Crippen LogP contribution in [0.15, 0.2) is 18.2 Å². The van der Waals surface area contributed by atoms with Gasteiger partial charge in [-0.25, -0.2) is 0 Å². The van der Waals surface area contributed by atoms with Gasteiger partial charge in [0.15, 0.2) is 0 Å². The van der Waals surface area contributed by atoms with Crippen LogP contribution in [-0.2, 0) is 5.41 Å². The molecule has 0 heterocycles. The lowest BCUT2D eigenvalue weighted by Gasteiger charge is -2.22. The molecule has 1 unspecified atom stereocenters. The van der Waals surface area contributed by atoms with Crippen LogP contribution < -0.4 is 11.1 Å². The third-order valence-electron chi connectivity index (χ3n) is 2.96. The maximum atomic E-state index is 6.10. The number of nitrogens with two attached hydrogens (primary N) is 1. The summed E-state index contributed by atoms with van der Waals surface area (Å²) < 4.78 is 0. The van der Waals surface area contributed by atoms with E-state index in [2.05, 4.69) is 51.2 Å². The molecule has 16 heavy (non-hydrogen) atoms. The Bertz CT molecular complexity index is 350. The van der Waals surface area contributed by atoms with Gasteiger partial charge in [0, 0.05) is 12.6 Å². The summed E-state index contributed by atoms with van der Waals surface area (Å²) in [5.41, 5.74) is 10.2. The van der Waals surface area contributed by atoms with Crippen molar-refractivity contribution in [2.24, 2.45) is 5.73 Å². The summed E-state index contributed by atoms with van der Waals surface area (Å²) in [5, 5.41) is 3.11. The number of nitrogens with one attached hydrogen (secondary N) is 1. The SMILES string of the molecule is CNCC(N)c1ccc(C(C)(C)C)cc1C. The fourth-order valence-corrected chi connectivity index (χ4v) is 1.89. The smallest absolute Gasteiger partial charge is 0.0424 e. The van der Waals surface area contributed by atoms with Crippen LogP contribution in [0.4, 0.5) is 0 Å². The maximum absolute atomic E-state index is 6.10. The molecule has 1 aromatic rings. The van der Waals surface area contributed by atoms with E-state index in [4.69, 9.17) is 5.73 Å². The highest BCUT2D eigenvalue weighted by atomic mass is 14.9. The molecule has 0 bridgehead atoms. The third kappa shape index (κ3) is 3.06. The lowest BCUT2D eigenvalue weighted by molar-refractivity contribution is 0.587. The van der Waals surface area contributed by atoms with Crippen molar-refractivity contribution in [1.82, 2.24) is 5.32 Å². The van der Waals surface area contributed by atoms with Gasteiger partial charge in [0.05, 0.1) is 0 Å². The van der Waals surface area contributed by atoms with E-state index in [9.17, 15) is 0 Å². The fourth-order valence-electron chi connectivity index (χ4n) is 1.89. The normalized spacial score (nSPS) is 13.9. The van der Waals surface area contributed by atoms with E-state index >= 15 is 0 Å². The van der Waals surface area contributed by atoms with Gasteiger partial charge in [-0.05, 0) is 36.1 Å². The Kier molecular flexibility index (Phi) is 4.11. The molecule has 1 aromatic carbocycles. The highest BCUT2D eigenvalue weighted by Crippen LogP contribution is 2.26. The molecule has 1 atom stereocenters. The van der Waals surface area contributed by atoms with Crippen molar-refractivity contribution < 1.29 is 0 Å². The summed E-state index contributed by atoms with van der Waals surface area (Å²) in [6.45, 7) is 9.65. The molecule has 2 heteroatoms. The fraction of sp³-hybridized carbons (Fsp3) is 0.571. The predicted molar refractivity (Wildman–Crippen MR) is 70.7 cm³/mol. The number of likely N-dealkylation sites (N-methyl/N-ethyl adjacent to an activating group) is 1. The number of benzene rings is 1. The molecule has 90 valence electrons. The topological polar surface area (TPSA) is 38.0 Å². The molecule has 2 nitrogen and oxygen atoms in total. The van der Waals surface area contributed by atoms with Crippen molar-refractivity contribution in [2.45, 2.75) is 39.2 Å². The minimum atomic E-state index is 0.0824. The summed E-state index contributed by atoms with van der Waals surface area (Å²) in [7, 11) is 1.93. The van der Waals surface area contributed by atoms with Crippen LogP contribution in [-0.4, -0.2) is 13.6 Å². The van der Waals surface area contributed by atoms with Gasteiger partial charge in [0.2, 0.25) is 0 Å². The molecule has 0 aliphatic rings. The Balaban J connectivity index is 3.00. The molecule has 0 radical (unpaired) electrons. The van der Waals surface area contributed by atoms with Gasteiger partial charge in [-0.1, -0.05) is 39.0 Å². The number of hydrogen-bond donors (Lipinski definition) is 2. The van der Waals surface area contributed by atoms with Crippen molar-refractivity contribution in [2.75, 3.05) is 13.6 Å². The van der Waals surface area contributed by atoms with Gasteiger partial charge in [-0.2, -0.15) is 0 Å². The van der Waals surface area contributed by atoms with Crippen molar-refractivity contribution >= 4 is 0 Å². The van der Waals surface area contributed by atoms with E-state index < -0.39 is 0 Å². The first-order valence-corrected chi connectivity index (χ1v) is 5.87. The summed E-state index contributed by atoms with van der Waals surface area (Å²) in [6.07, 6.45) is 0. The third-order valence-corrected chi connectivity index (χ3v) is 2.96. The number of rotatable bonds is 3.